The molecule has 3 N–H and O–H groups in total. The van der Waals surface area contributed by atoms with E-state index in [-0.39, 0.29) is 5.92 Å². The van der Waals surface area contributed by atoms with Crippen molar-refractivity contribution in [1.82, 2.24) is 4.90 Å². The van der Waals surface area contributed by atoms with Crippen molar-refractivity contribution in [3.63, 3.8) is 0 Å². The molecule has 2 heterocycles. The van der Waals surface area contributed by atoms with E-state index in [0.717, 1.165) is 26.1 Å². The van der Waals surface area contributed by atoms with Crippen LogP contribution < -0.4 is 5.73 Å². The van der Waals surface area contributed by atoms with Gasteiger partial charge in [0.15, 0.2) is 0 Å². The number of amides is 1. The molecule has 0 aromatic rings. The van der Waals surface area contributed by atoms with E-state index in [0.29, 0.717) is 6.42 Å². The third kappa shape index (κ3) is 0.949. The summed E-state index contributed by atoms with van der Waals surface area (Å²) in [6, 6.07) is 0. The molecule has 4 heteroatoms. The monoisotopic (exact) mass is 170 g/mol. The molecular formula is C8H14N2O2. The number of hydrogen-bond donors (Lipinski definition) is 2. The fourth-order valence-electron chi connectivity index (χ4n) is 2.28. The van der Waals surface area contributed by atoms with Crippen LogP contribution in [-0.2, 0) is 4.79 Å². The highest BCUT2D eigenvalue weighted by Crippen LogP contribution is 2.35. The van der Waals surface area contributed by atoms with Gasteiger partial charge < -0.3 is 15.7 Å². The minimum Gasteiger partial charge on any atom is -0.380 e. The van der Waals surface area contributed by atoms with Gasteiger partial charge in [-0.25, -0.2) is 0 Å². The number of fused-ring (bicyclic) bond motifs is 2. The summed E-state index contributed by atoms with van der Waals surface area (Å²) < 4.78 is 0. The Balaban J connectivity index is 2.21. The number of carbonyl (C=O) groups is 1. The van der Waals surface area contributed by atoms with E-state index in [9.17, 15) is 9.90 Å². The van der Waals surface area contributed by atoms with E-state index >= 15 is 0 Å². The second-order valence-electron chi connectivity index (χ2n) is 3.82. The van der Waals surface area contributed by atoms with E-state index in [2.05, 4.69) is 4.90 Å². The average Bonchev–Trinajstić information content (AvgIpc) is 2.43. The Bertz CT molecular complexity index is 219. The topological polar surface area (TPSA) is 66.6 Å². The van der Waals surface area contributed by atoms with Crippen molar-refractivity contribution in [2.45, 2.75) is 18.4 Å². The molecule has 0 radical (unpaired) electrons. The summed E-state index contributed by atoms with van der Waals surface area (Å²) in [7, 11) is 0. The fourth-order valence-corrected chi connectivity index (χ4v) is 2.28. The largest absolute Gasteiger partial charge is 0.380 e. The second kappa shape index (κ2) is 2.44. The Hall–Kier alpha value is -0.610. The van der Waals surface area contributed by atoms with Crippen LogP contribution in [0.25, 0.3) is 0 Å². The maximum Gasteiger partial charge on any atom is 0.249 e. The lowest BCUT2D eigenvalue weighted by Crippen LogP contribution is -2.54. The molecule has 1 amide bonds. The quantitative estimate of drug-likeness (QED) is 0.526. The lowest BCUT2D eigenvalue weighted by Gasteiger charge is -2.35. The summed E-state index contributed by atoms with van der Waals surface area (Å²) in [5.74, 6) is -0.474. The van der Waals surface area contributed by atoms with E-state index in [1.54, 1.807) is 0 Å². The Labute approximate surface area is 71.3 Å². The molecule has 0 spiro atoms. The van der Waals surface area contributed by atoms with E-state index in [4.69, 9.17) is 5.73 Å². The molecule has 2 rings (SSSR count). The van der Waals surface area contributed by atoms with Crippen molar-refractivity contribution >= 4 is 5.91 Å². The first-order valence-corrected chi connectivity index (χ1v) is 4.37. The summed E-state index contributed by atoms with van der Waals surface area (Å²) >= 11 is 0. The zero-order chi connectivity index (χ0) is 8.77. The third-order valence-electron chi connectivity index (χ3n) is 3.18. The fraction of sp³-hybridized carbons (Fsp3) is 0.875. The van der Waals surface area contributed by atoms with Crippen LogP contribution in [0.2, 0.25) is 0 Å². The number of piperidine rings is 1. The van der Waals surface area contributed by atoms with Gasteiger partial charge in [0.1, 0.15) is 5.60 Å². The van der Waals surface area contributed by atoms with Gasteiger partial charge in [0.2, 0.25) is 5.91 Å². The van der Waals surface area contributed by atoms with Crippen LogP contribution in [0.1, 0.15) is 12.8 Å². The van der Waals surface area contributed by atoms with Crippen molar-refractivity contribution < 1.29 is 9.90 Å². The number of hydrogen-bond acceptors (Lipinski definition) is 3. The first kappa shape index (κ1) is 8.01. The Kier molecular flexibility index (Phi) is 1.63. The van der Waals surface area contributed by atoms with E-state index in [1.807, 2.05) is 0 Å². The average molecular weight is 170 g/mol. The molecule has 2 aliphatic heterocycles. The predicted molar refractivity (Wildman–Crippen MR) is 43.3 cm³/mol. The van der Waals surface area contributed by atoms with Gasteiger partial charge in [0.25, 0.3) is 0 Å². The second-order valence-corrected chi connectivity index (χ2v) is 3.82. The molecule has 0 aliphatic carbocycles. The highest BCUT2D eigenvalue weighted by molar-refractivity contribution is 5.83. The van der Waals surface area contributed by atoms with Crippen LogP contribution in [-0.4, -0.2) is 41.1 Å². The minimum atomic E-state index is -1.22. The molecule has 4 nitrogen and oxygen atoms in total. The Morgan fingerprint density at radius 3 is 3.00 bits per heavy atom. The first-order chi connectivity index (χ1) is 5.63. The number of carbonyl (C=O) groups excluding carboxylic acids is 1. The van der Waals surface area contributed by atoms with Crippen molar-refractivity contribution in [3.05, 3.63) is 0 Å². The minimum absolute atomic E-state index is 0.0729. The molecule has 3 unspecified atom stereocenters. The molecule has 2 saturated heterocycles. The molecule has 3 atom stereocenters. The summed E-state index contributed by atoms with van der Waals surface area (Å²) in [4.78, 5) is 13.3. The van der Waals surface area contributed by atoms with Crippen molar-refractivity contribution in [2.75, 3.05) is 19.6 Å². The van der Waals surface area contributed by atoms with Gasteiger partial charge in [-0.15, -0.1) is 0 Å². The van der Waals surface area contributed by atoms with Crippen LogP contribution in [0.3, 0.4) is 0 Å². The summed E-state index contributed by atoms with van der Waals surface area (Å²) in [5, 5.41) is 9.93. The zero-order valence-corrected chi connectivity index (χ0v) is 6.99. The van der Waals surface area contributed by atoms with Gasteiger partial charge >= 0.3 is 0 Å². The van der Waals surface area contributed by atoms with Crippen LogP contribution in [0.5, 0.6) is 0 Å². The Morgan fingerprint density at radius 1 is 1.58 bits per heavy atom. The normalized spacial score (nSPS) is 46.1. The maximum absolute atomic E-state index is 11.0. The third-order valence-corrected chi connectivity index (χ3v) is 3.18. The number of nitrogens with two attached hydrogens (primary N) is 1. The lowest BCUT2D eigenvalue weighted by molar-refractivity contribution is -0.145. The summed E-state index contributed by atoms with van der Waals surface area (Å²) in [5.41, 5.74) is 3.96. The highest BCUT2D eigenvalue weighted by atomic mass is 16.3. The molecule has 2 fully saturated rings. The summed E-state index contributed by atoms with van der Waals surface area (Å²) in [6.45, 7) is 2.63. The smallest absolute Gasteiger partial charge is 0.249 e. The van der Waals surface area contributed by atoms with E-state index in [1.165, 1.54) is 0 Å². The lowest BCUT2D eigenvalue weighted by atomic mass is 9.82. The number of nitrogens with zero attached hydrogens (tertiary/aromatic N) is 1. The van der Waals surface area contributed by atoms with Crippen LogP contribution in [0.4, 0.5) is 0 Å². The highest BCUT2D eigenvalue weighted by Gasteiger charge is 2.48. The zero-order valence-electron chi connectivity index (χ0n) is 6.99. The molecule has 0 saturated carbocycles. The number of rotatable bonds is 1. The molecule has 68 valence electrons. The standard InChI is InChI=1S/C8H14N2O2/c9-7(11)8(12)2-4-10-3-1-6(8)5-10/h6,12H,1-5H2,(H2,9,11). The van der Waals surface area contributed by atoms with Crippen molar-refractivity contribution in [1.29, 1.82) is 0 Å². The van der Waals surface area contributed by atoms with E-state index < -0.39 is 11.5 Å². The van der Waals surface area contributed by atoms with Crippen molar-refractivity contribution in [2.24, 2.45) is 11.7 Å². The van der Waals surface area contributed by atoms with Gasteiger partial charge in [-0.05, 0) is 19.4 Å². The molecule has 0 aromatic carbocycles. The van der Waals surface area contributed by atoms with Crippen LogP contribution >= 0.6 is 0 Å². The predicted octanol–water partition coefficient (Wildman–Crippen LogP) is -1.07. The van der Waals surface area contributed by atoms with Gasteiger partial charge in [-0.1, -0.05) is 0 Å². The molecule has 2 aliphatic rings. The van der Waals surface area contributed by atoms with Crippen LogP contribution in [0, 0.1) is 5.92 Å². The van der Waals surface area contributed by atoms with Gasteiger partial charge in [-0.3, -0.25) is 4.79 Å². The van der Waals surface area contributed by atoms with Gasteiger partial charge in [-0.2, -0.15) is 0 Å². The Morgan fingerprint density at radius 2 is 2.33 bits per heavy atom. The summed E-state index contributed by atoms with van der Waals surface area (Å²) in [6.07, 6.45) is 1.41. The molecule has 0 aromatic heterocycles. The van der Waals surface area contributed by atoms with Crippen LogP contribution in [0.15, 0.2) is 0 Å². The SMILES string of the molecule is NC(=O)C1(O)CCN2CCC1C2. The number of primary amides is 1. The molecule has 2 bridgehead atoms. The number of aliphatic hydroxyl groups is 1. The maximum atomic E-state index is 11.0. The van der Waals surface area contributed by atoms with Gasteiger partial charge in [0.05, 0.1) is 0 Å². The molecule has 12 heavy (non-hydrogen) atoms. The first-order valence-electron chi connectivity index (χ1n) is 4.37. The van der Waals surface area contributed by atoms with Gasteiger partial charge in [0, 0.05) is 19.0 Å². The molecular weight excluding hydrogens is 156 g/mol. The van der Waals surface area contributed by atoms with Crippen molar-refractivity contribution in [3.8, 4) is 0 Å².